The average Bonchev–Trinajstić information content (AvgIpc) is 2.85. The van der Waals surface area contributed by atoms with Gasteiger partial charge in [0.2, 0.25) is 0 Å². The van der Waals surface area contributed by atoms with Crippen molar-refractivity contribution in [2.75, 3.05) is 0 Å². The first kappa shape index (κ1) is 11.5. The van der Waals surface area contributed by atoms with Gasteiger partial charge in [-0.2, -0.15) is 0 Å². The Hall–Kier alpha value is -1.60. The molecule has 0 unspecified atom stereocenters. The molecule has 0 atom stereocenters. The predicted octanol–water partition coefficient (Wildman–Crippen LogP) is 3.61. The maximum Gasteiger partial charge on any atom is 0.0184 e. The Labute approximate surface area is 109 Å². The second-order valence-corrected chi connectivity index (χ2v) is 5.20. The maximum absolute atomic E-state index is 5.85. The molecule has 0 fully saturated rings. The summed E-state index contributed by atoms with van der Waals surface area (Å²) in [7, 11) is 0. The van der Waals surface area contributed by atoms with Crippen LogP contribution in [0.2, 0.25) is 0 Å². The van der Waals surface area contributed by atoms with Crippen molar-refractivity contribution >= 4 is 0 Å². The van der Waals surface area contributed by atoms with Gasteiger partial charge in [0, 0.05) is 6.54 Å². The van der Waals surface area contributed by atoms with Gasteiger partial charge in [-0.1, -0.05) is 42.0 Å². The molecule has 0 bridgehead atoms. The molecule has 0 saturated heterocycles. The van der Waals surface area contributed by atoms with E-state index >= 15 is 0 Å². The van der Waals surface area contributed by atoms with Crippen LogP contribution in [0.3, 0.4) is 0 Å². The lowest BCUT2D eigenvalue weighted by atomic mass is 9.95. The molecule has 0 radical (unpaired) electrons. The summed E-state index contributed by atoms with van der Waals surface area (Å²) in [5.41, 5.74) is 14.1. The lowest BCUT2D eigenvalue weighted by Gasteiger charge is -2.11. The van der Waals surface area contributed by atoms with Gasteiger partial charge in [0.1, 0.15) is 0 Å². The van der Waals surface area contributed by atoms with Gasteiger partial charge in [-0.25, -0.2) is 0 Å². The largest absolute Gasteiger partial charge is 0.326 e. The fraction of sp³-hybridized carbons (Fsp3) is 0.294. The number of nitrogens with two attached hydrogens (primary N) is 1. The quantitative estimate of drug-likeness (QED) is 0.848. The van der Waals surface area contributed by atoms with E-state index in [9.17, 15) is 0 Å². The van der Waals surface area contributed by atoms with E-state index in [1.165, 1.54) is 52.6 Å². The Morgan fingerprint density at radius 3 is 2.67 bits per heavy atom. The molecule has 1 heteroatoms. The zero-order chi connectivity index (χ0) is 12.5. The first-order valence-electron chi connectivity index (χ1n) is 6.69. The Morgan fingerprint density at radius 2 is 1.83 bits per heavy atom. The first-order chi connectivity index (χ1) is 8.78. The second-order valence-electron chi connectivity index (χ2n) is 5.20. The van der Waals surface area contributed by atoms with E-state index in [1.54, 1.807) is 0 Å². The van der Waals surface area contributed by atoms with Crippen molar-refractivity contribution in [1.82, 2.24) is 0 Å². The number of fused-ring (bicyclic) bond motifs is 1. The minimum absolute atomic E-state index is 0.604. The number of aryl methyl sites for hydroxylation is 3. The number of hydrogen-bond acceptors (Lipinski definition) is 1. The van der Waals surface area contributed by atoms with Gasteiger partial charge in [-0.05, 0) is 54.0 Å². The standard InChI is InChI=1S/C17H19N/c1-12-5-6-16(11-18)17(9-12)15-8-7-13-3-2-4-14(13)10-15/h5-10H,2-4,11,18H2,1H3. The van der Waals surface area contributed by atoms with Crippen LogP contribution in [-0.4, -0.2) is 0 Å². The van der Waals surface area contributed by atoms with Crippen LogP contribution in [0.15, 0.2) is 36.4 Å². The summed E-state index contributed by atoms with van der Waals surface area (Å²) in [6, 6.07) is 13.4. The minimum atomic E-state index is 0.604. The molecule has 2 aromatic carbocycles. The third-order valence-corrected chi connectivity index (χ3v) is 3.89. The van der Waals surface area contributed by atoms with Crippen molar-refractivity contribution in [2.24, 2.45) is 5.73 Å². The van der Waals surface area contributed by atoms with E-state index in [2.05, 4.69) is 43.3 Å². The van der Waals surface area contributed by atoms with Gasteiger partial charge in [0.25, 0.3) is 0 Å². The van der Waals surface area contributed by atoms with Gasteiger partial charge in [0.05, 0.1) is 0 Å². The van der Waals surface area contributed by atoms with Crippen molar-refractivity contribution in [3.63, 3.8) is 0 Å². The molecule has 92 valence electrons. The van der Waals surface area contributed by atoms with Crippen molar-refractivity contribution in [1.29, 1.82) is 0 Å². The van der Waals surface area contributed by atoms with Crippen molar-refractivity contribution in [3.05, 3.63) is 58.7 Å². The van der Waals surface area contributed by atoms with Crippen molar-refractivity contribution in [3.8, 4) is 11.1 Å². The van der Waals surface area contributed by atoms with Gasteiger partial charge in [-0.3, -0.25) is 0 Å². The number of rotatable bonds is 2. The van der Waals surface area contributed by atoms with Crippen LogP contribution in [0, 0.1) is 6.92 Å². The molecule has 1 nitrogen and oxygen atoms in total. The van der Waals surface area contributed by atoms with E-state index in [0.29, 0.717) is 6.54 Å². The van der Waals surface area contributed by atoms with Crippen LogP contribution >= 0.6 is 0 Å². The molecule has 3 rings (SSSR count). The van der Waals surface area contributed by atoms with Gasteiger partial charge in [-0.15, -0.1) is 0 Å². The molecule has 0 aliphatic heterocycles. The highest BCUT2D eigenvalue weighted by Crippen LogP contribution is 2.30. The molecule has 0 heterocycles. The summed E-state index contributed by atoms with van der Waals surface area (Å²) < 4.78 is 0. The van der Waals surface area contributed by atoms with Crippen molar-refractivity contribution < 1.29 is 0 Å². The Kier molecular flexibility index (Phi) is 2.92. The molecule has 1 aliphatic rings. The number of benzene rings is 2. The molecule has 0 spiro atoms. The van der Waals surface area contributed by atoms with E-state index in [0.717, 1.165) is 0 Å². The van der Waals surface area contributed by atoms with E-state index in [-0.39, 0.29) is 0 Å². The fourth-order valence-corrected chi connectivity index (χ4v) is 2.88. The highest BCUT2D eigenvalue weighted by Gasteiger charge is 2.12. The van der Waals surface area contributed by atoms with Crippen LogP contribution in [0.1, 0.15) is 28.7 Å². The van der Waals surface area contributed by atoms with Crippen LogP contribution in [0.4, 0.5) is 0 Å². The SMILES string of the molecule is Cc1ccc(CN)c(-c2ccc3c(c2)CCC3)c1. The maximum atomic E-state index is 5.85. The minimum Gasteiger partial charge on any atom is -0.326 e. The van der Waals surface area contributed by atoms with Gasteiger partial charge in [0.15, 0.2) is 0 Å². The zero-order valence-corrected chi connectivity index (χ0v) is 10.9. The molecular weight excluding hydrogens is 218 g/mol. The molecule has 2 aromatic rings. The van der Waals surface area contributed by atoms with Crippen LogP contribution in [0.25, 0.3) is 11.1 Å². The normalized spacial score (nSPS) is 13.7. The molecule has 0 aromatic heterocycles. The average molecular weight is 237 g/mol. The summed E-state index contributed by atoms with van der Waals surface area (Å²) in [4.78, 5) is 0. The van der Waals surface area contributed by atoms with Crippen molar-refractivity contribution in [2.45, 2.75) is 32.7 Å². The van der Waals surface area contributed by atoms with E-state index < -0.39 is 0 Å². The van der Waals surface area contributed by atoms with Crippen LogP contribution in [-0.2, 0) is 19.4 Å². The fourth-order valence-electron chi connectivity index (χ4n) is 2.88. The lowest BCUT2D eigenvalue weighted by molar-refractivity contribution is 0.912. The molecule has 0 amide bonds. The molecular formula is C17H19N. The monoisotopic (exact) mass is 237 g/mol. The Balaban J connectivity index is 2.12. The first-order valence-corrected chi connectivity index (χ1v) is 6.69. The number of hydrogen-bond donors (Lipinski definition) is 1. The summed E-state index contributed by atoms with van der Waals surface area (Å²) in [5.74, 6) is 0. The smallest absolute Gasteiger partial charge is 0.0184 e. The van der Waals surface area contributed by atoms with E-state index in [4.69, 9.17) is 5.73 Å². The summed E-state index contributed by atoms with van der Waals surface area (Å²) in [5, 5.41) is 0. The summed E-state index contributed by atoms with van der Waals surface area (Å²) >= 11 is 0. The van der Waals surface area contributed by atoms with Gasteiger partial charge < -0.3 is 5.73 Å². The van der Waals surface area contributed by atoms with Crippen LogP contribution in [0.5, 0.6) is 0 Å². The molecule has 2 N–H and O–H groups in total. The van der Waals surface area contributed by atoms with E-state index in [1.807, 2.05) is 0 Å². The Bertz CT molecular complexity index is 584. The second kappa shape index (κ2) is 4.58. The summed E-state index contributed by atoms with van der Waals surface area (Å²) in [6.45, 7) is 2.74. The highest BCUT2D eigenvalue weighted by atomic mass is 14.5. The third-order valence-electron chi connectivity index (χ3n) is 3.89. The predicted molar refractivity (Wildman–Crippen MR) is 76.5 cm³/mol. The highest BCUT2D eigenvalue weighted by molar-refractivity contribution is 5.69. The van der Waals surface area contributed by atoms with Crippen LogP contribution < -0.4 is 5.73 Å². The third kappa shape index (κ3) is 1.95. The molecule has 1 aliphatic carbocycles. The molecule has 0 saturated carbocycles. The van der Waals surface area contributed by atoms with Gasteiger partial charge >= 0.3 is 0 Å². The topological polar surface area (TPSA) is 26.0 Å². The zero-order valence-electron chi connectivity index (χ0n) is 10.9. The lowest BCUT2D eigenvalue weighted by Crippen LogP contribution is -1.99. The Morgan fingerprint density at radius 1 is 1.00 bits per heavy atom. The molecule has 18 heavy (non-hydrogen) atoms. The summed E-state index contributed by atoms with van der Waals surface area (Å²) in [6.07, 6.45) is 3.77.